The Morgan fingerprint density at radius 2 is 2.10 bits per heavy atom. The van der Waals surface area contributed by atoms with Crippen LogP contribution in [0.2, 0.25) is 0 Å². The van der Waals surface area contributed by atoms with E-state index < -0.39 is 11.6 Å². The lowest BCUT2D eigenvalue weighted by molar-refractivity contribution is -0.123. The summed E-state index contributed by atoms with van der Waals surface area (Å²) >= 11 is 4.60. The minimum Gasteiger partial charge on any atom is -0.340 e. The van der Waals surface area contributed by atoms with Crippen molar-refractivity contribution in [2.75, 3.05) is 0 Å². The summed E-state index contributed by atoms with van der Waals surface area (Å²) in [4.78, 5) is 24.7. The summed E-state index contributed by atoms with van der Waals surface area (Å²) < 4.78 is 0.860. The zero-order valence-electron chi connectivity index (χ0n) is 11.6. The van der Waals surface area contributed by atoms with Crippen molar-refractivity contribution >= 4 is 39.1 Å². The van der Waals surface area contributed by atoms with E-state index in [-0.39, 0.29) is 11.8 Å². The minimum absolute atomic E-state index is 0.286. The maximum absolute atomic E-state index is 12.2. The number of carbonyl (C=O) groups is 2. The molecule has 5 nitrogen and oxygen atoms in total. The number of hydrogen-bond donors (Lipinski definition) is 2. The summed E-state index contributed by atoms with van der Waals surface area (Å²) in [6.07, 6.45) is 3.23. The lowest BCUT2D eigenvalue weighted by Gasteiger charge is -2.24. The number of hydrogen-bond acceptors (Lipinski definition) is 4. The van der Waals surface area contributed by atoms with Gasteiger partial charge in [-0.1, -0.05) is 0 Å². The maximum atomic E-state index is 12.2. The molecule has 2 N–H and O–H groups in total. The average molecular weight is 370 g/mol. The van der Waals surface area contributed by atoms with E-state index in [1.54, 1.807) is 19.1 Å². The van der Waals surface area contributed by atoms with Crippen LogP contribution in [0.3, 0.4) is 0 Å². The molecule has 1 fully saturated rings. The molecule has 0 saturated heterocycles. The molecule has 0 aliphatic heterocycles. The van der Waals surface area contributed by atoms with E-state index >= 15 is 0 Å². The molecule has 2 amide bonds. The smallest absolute Gasteiger partial charge is 0.262 e. The second kappa shape index (κ2) is 6.58. The van der Waals surface area contributed by atoms with Crippen LogP contribution in [0.25, 0.3) is 0 Å². The van der Waals surface area contributed by atoms with Crippen molar-refractivity contribution in [1.82, 2.24) is 10.6 Å². The first-order valence-corrected chi connectivity index (χ1v) is 8.36. The van der Waals surface area contributed by atoms with Crippen LogP contribution in [0.1, 0.15) is 42.3 Å². The molecule has 1 saturated carbocycles. The fourth-order valence-electron chi connectivity index (χ4n) is 2.36. The van der Waals surface area contributed by atoms with Crippen LogP contribution in [0.4, 0.5) is 0 Å². The number of thiophene rings is 1. The van der Waals surface area contributed by atoms with Crippen LogP contribution in [0.5, 0.6) is 0 Å². The molecule has 1 atom stereocenters. The highest BCUT2D eigenvalue weighted by Crippen LogP contribution is 2.29. The van der Waals surface area contributed by atoms with Gasteiger partial charge in [-0.2, -0.15) is 5.26 Å². The summed E-state index contributed by atoms with van der Waals surface area (Å²) in [6, 6.07) is 5.01. The third kappa shape index (κ3) is 3.83. The number of amides is 2. The molecule has 112 valence electrons. The van der Waals surface area contributed by atoms with Crippen molar-refractivity contribution in [1.29, 1.82) is 5.26 Å². The average Bonchev–Trinajstić information content (AvgIpc) is 3.08. The minimum atomic E-state index is -0.762. The van der Waals surface area contributed by atoms with Gasteiger partial charge >= 0.3 is 0 Å². The third-order valence-electron chi connectivity index (χ3n) is 3.57. The lowest BCUT2D eigenvalue weighted by atomic mass is 9.99. The quantitative estimate of drug-likeness (QED) is 0.855. The number of carbonyl (C=O) groups excluding carboxylic acids is 2. The Balaban J connectivity index is 1.94. The van der Waals surface area contributed by atoms with Crippen LogP contribution in [0, 0.1) is 11.3 Å². The largest absolute Gasteiger partial charge is 0.340 e. The van der Waals surface area contributed by atoms with Gasteiger partial charge in [0.05, 0.1) is 14.7 Å². The van der Waals surface area contributed by atoms with Crippen LogP contribution in [0.15, 0.2) is 15.9 Å². The molecular formula is C14H16BrN3O2S. The number of nitrogens with one attached hydrogen (secondary N) is 2. The van der Waals surface area contributed by atoms with E-state index in [1.165, 1.54) is 11.3 Å². The van der Waals surface area contributed by atoms with Gasteiger partial charge in [0.15, 0.2) is 0 Å². The van der Waals surface area contributed by atoms with E-state index in [0.717, 1.165) is 16.6 Å². The van der Waals surface area contributed by atoms with Crippen molar-refractivity contribution in [3.63, 3.8) is 0 Å². The van der Waals surface area contributed by atoms with E-state index in [2.05, 4.69) is 32.6 Å². The first-order chi connectivity index (χ1) is 9.96. The molecule has 0 aromatic carbocycles. The van der Waals surface area contributed by atoms with Gasteiger partial charge in [0.25, 0.3) is 5.91 Å². The summed E-state index contributed by atoms with van der Waals surface area (Å²) in [6.45, 7) is 1.62. The van der Waals surface area contributed by atoms with Crippen molar-refractivity contribution in [3.8, 4) is 6.07 Å². The number of halogens is 1. The Morgan fingerprint density at radius 3 is 2.62 bits per heavy atom. The predicted molar refractivity (Wildman–Crippen MR) is 83.9 cm³/mol. The van der Waals surface area contributed by atoms with Gasteiger partial charge in [0.2, 0.25) is 5.91 Å². The standard InChI is InChI=1S/C14H16BrN3O2S/c1-9(17-13(20)10-4-5-11(15)21-10)12(19)18-14(8-16)6-2-3-7-14/h4-5,9H,2-3,6-7H2,1H3,(H,17,20)(H,18,19). The lowest BCUT2D eigenvalue weighted by Crippen LogP contribution is -2.53. The maximum Gasteiger partial charge on any atom is 0.262 e. The zero-order valence-corrected chi connectivity index (χ0v) is 14.0. The van der Waals surface area contributed by atoms with Crippen LogP contribution < -0.4 is 10.6 Å². The van der Waals surface area contributed by atoms with E-state index in [9.17, 15) is 14.9 Å². The molecule has 0 radical (unpaired) electrons. The monoisotopic (exact) mass is 369 g/mol. The molecule has 1 aromatic rings. The Morgan fingerprint density at radius 1 is 1.43 bits per heavy atom. The highest BCUT2D eigenvalue weighted by atomic mass is 79.9. The normalized spacial score (nSPS) is 17.8. The molecule has 1 aliphatic carbocycles. The number of nitrogens with zero attached hydrogens (tertiary/aromatic N) is 1. The number of rotatable bonds is 4. The molecule has 1 heterocycles. The van der Waals surface area contributed by atoms with Gasteiger partial charge in [-0.05, 0) is 60.7 Å². The molecule has 1 aromatic heterocycles. The molecule has 0 spiro atoms. The molecule has 1 aliphatic rings. The van der Waals surface area contributed by atoms with Crippen molar-refractivity contribution < 1.29 is 9.59 Å². The fourth-order valence-corrected chi connectivity index (χ4v) is 3.65. The van der Waals surface area contributed by atoms with Crippen LogP contribution in [-0.2, 0) is 4.79 Å². The van der Waals surface area contributed by atoms with Gasteiger partial charge in [0, 0.05) is 0 Å². The van der Waals surface area contributed by atoms with Crippen molar-refractivity contribution in [2.45, 2.75) is 44.2 Å². The molecule has 1 unspecified atom stereocenters. The van der Waals surface area contributed by atoms with Gasteiger partial charge < -0.3 is 10.6 Å². The Kier molecular flexibility index (Phi) is 5.01. The Bertz CT molecular complexity index is 587. The SMILES string of the molecule is CC(NC(=O)c1ccc(Br)s1)C(=O)NC1(C#N)CCCC1. The summed E-state index contributed by atoms with van der Waals surface area (Å²) in [7, 11) is 0. The van der Waals surface area contributed by atoms with Gasteiger partial charge in [-0.3, -0.25) is 9.59 Å². The van der Waals surface area contributed by atoms with Gasteiger partial charge in [0.1, 0.15) is 11.6 Å². The number of nitriles is 1. The van der Waals surface area contributed by atoms with E-state index in [4.69, 9.17) is 0 Å². The fraction of sp³-hybridized carbons (Fsp3) is 0.500. The van der Waals surface area contributed by atoms with Gasteiger partial charge in [-0.15, -0.1) is 11.3 Å². The Hall–Kier alpha value is -1.39. The highest BCUT2D eigenvalue weighted by molar-refractivity contribution is 9.11. The van der Waals surface area contributed by atoms with Crippen LogP contribution >= 0.6 is 27.3 Å². The molecule has 0 bridgehead atoms. The van der Waals surface area contributed by atoms with E-state index in [0.29, 0.717) is 17.7 Å². The predicted octanol–water partition coefficient (Wildman–Crippen LogP) is 2.58. The second-order valence-corrected chi connectivity index (χ2v) is 7.65. The first-order valence-electron chi connectivity index (χ1n) is 6.75. The van der Waals surface area contributed by atoms with Gasteiger partial charge in [-0.25, -0.2) is 0 Å². The molecule has 2 rings (SSSR count). The molecular weight excluding hydrogens is 354 g/mol. The molecule has 7 heteroatoms. The summed E-state index contributed by atoms with van der Waals surface area (Å²) in [5.74, 6) is -0.604. The third-order valence-corrected chi connectivity index (χ3v) is 5.19. The van der Waals surface area contributed by atoms with Crippen molar-refractivity contribution in [2.24, 2.45) is 0 Å². The highest BCUT2D eigenvalue weighted by Gasteiger charge is 2.36. The second-order valence-electron chi connectivity index (χ2n) is 5.19. The Labute approximate surface area is 135 Å². The van der Waals surface area contributed by atoms with Crippen LogP contribution in [-0.4, -0.2) is 23.4 Å². The summed E-state index contributed by atoms with van der Waals surface area (Å²) in [5.41, 5.74) is -0.762. The topological polar surface area (TPSA) is 82.0 Å². The first kappa shape index (κ1) is 16.0. The molecule has 21 heavy (non-hydrogen) atoms. The van der Waals surface area contributed by atoms with Crippen molar-refractivity contribution in [3.05, 3.63) is 20.8 Å². The van der Waals surface area contributed by atoms with E-state index in [1.807, 2.05) is 0 Å². The summed E-state index contributed by atoms with van der Waals surface area (Å²) in [5, 5.41) is 14.7. The zero-order chi connectivity index (χ0) is 15.5.